The molecular formula is C14H19ClN2O3. The average molecular weight is 299 g/mol. The van der Waals surface area contributed by atoms with E-state index in [4.69, 9.17) is 16.3 Å². The third-order valence-corrected chi connectivity index (χ3v) is 2.99. The normalized spacial score (nSPS) is 13.4. The van der Waals surface area contributed by atoms with Gasteiger partial charge in [0.15, 0.2) is 0 Å². The molecule has 5 nitrogen and oxygen atoms in total. The number of amides is 2. The van der Waals surface area contributed by atoms with Crippen LogP contribution in [0.15, 0.2) is 24.3 Å². The van der Waals surface area contributed by atoms with Gasteiger partial charge in [-0.1, -0.05) is 23.7 Å². The largest absolute Gasteiger partial charge is 0.383 e. The molecule has 6 heteroatoms. The molecule has 2 amide bonds. The van der Waals surface area contributed by atoms with Crippen molar-refractivity contribution in [3.05, 3.63) is 34.9 Å². The molecule has 1 aromatic carbocycles. The Labute approximate surface area is 123 Å². The highest BCUT2D eigenvalue weighted by Crippen LogP contribution is 2.14. The van der Waals surface area contributed by atoms with Crippen LogP contribution in [0.4, 0.5) is 0 Å². The molecule has 0 spiro atoms. The van der Waals surface area contributed by atoms with E-state index in [1.54, 1.807) is 38.3 Å². The van der Waals surface area contributed by atoms with Crippen molar-refractivity contribution >= 4 is 23.4 Å². The first-order valence-corrected chi connectivity index (χ1v) is 6.68. The fourth-order valence-electron chi connectivity index (χ4n) is 1.64. The third-order valence-electron chi connectivity index (χ3n) is 2.66. The van der Waals surface area contributed by atoms with Gasteiger partial charge in [0.25, 0.3) is 5.91 Å². The molecule has 1 aromatic rings. The smallest absolute Gasteiger partial charge is 0.253 e. The monoisotopic (exact) mass is 298 g/mol. The Morgan fingerprint density at radius 1 is 1.25 bits per heavy atom. The van der Waals surface area contributed by atoms with E-state index in [1.807, 2.05) is 6.92 Å². The first-order chi connectivity index (χ1) is 9.45. The Balaban J connectivity index is 2.57. The summed E-state index contributed by atoms with van der Waals surface area (Å²) in [6, 6.07) is 5.91. The van der Waals surface area contributed by atoms with Gasteiger partial charge in [0, 0.05) is 13.2 Å². The maximum atomic E-state index is 12.0. The summed E-state index contributed by atoms with van der Waals surface area (Å²) < 4.78 is 4.93. The van der Waals surface area contributed by atoms with E-state index in [9.17, 15) is 9.59 Å². The molecule has 0 aliphatic carbocycles. The first kappa shape index (κ1) is 16.5. The van der Waals surface area contributed by atoms with Crippen LogP contribution in [0.2, 0.25) is 5.02 Å². The van der Waals surface area contributed by atoms with E-state index in [0.717, 1.165) is 0 Å². The molecule has 110 valence electrons. The predicted octanol–water partition coefficient (Wildman–Crippen LogP) is 1.61. The highest BCUT2D eigenvalue weighted by Gasteiger charge is 2.19. The van der Waals surface area contributed by atoms with Gasteiger partial charge in [-0.2, -0.15) is 0 Å². The summed E-state index contributed by atoms with van der Waals surface area (Å²) in [7, 11) is 1.56. The minimum Gasteiger partial charge on any atom is -0.383 e. The second-order valence-corrected chi connectivity index (χ2v) is 4.95. The maximum absolute atomic E-state index is 12.0. The zero-order chi connectivity index (χ0) is 15.1. The fraction of sp³-hybridized carbons (Fsp3) is 0.429. The summed E-state index contributed by atoms with van der Waals surface area (Å²) in [5, 5.41) is 5.70. The predicted molar refractivity (Wildman–Crippen MR) is 77.9 cm³/mol. The highest BCUT2D eigenvalue weighted by molar-refractivity contribution is 6.33. The number of rotatable bonds is 6. The van der Waals surface area contributed by atoms with E-state index < -0.39 is 6.04 Å². The van der Waals surface area contributed by atoms with Crippen molar-refractivity contribution < 1.29 is 14.3 Å². The van der Waals surface area contributed by atoms with E-state index >= 15 is 0 Å². The van der Waals surface area contributed by atoms with E-state index in [2.05, 4.69) is 10.6 Å². The number of ether oxygens (including phenoxy) is 1. The van der Waals surface area contributed by atoms with Gasteiger partial charge < -0.3 is 15.4 Å². The van der Waals surface area contributed by atoms with Crippen LogP contribution in [-0.4, -0.2) is 37.6 Å². The van der Waals surface area contributed by atoms with Crippen molar-refractivity contribution in [1.82, 2.24) is 10.6 Å². The second-order valence-electron chi connectivity index (χ2n) is 4.54. The van der Waals surface area contributed by atoms with Crippen LogP contribution in [0.1, 0.15) is 24.2 Å². The van der Waals surface area contributed by atoms with Gasteiger partial charge in [0.2, 0.25) is 5.91 Å². The van der Waals surface area contributed by atoms with Crippen LogP contribution in [0.25, 0.3) is 0 Å². The molecule has 2 N–H and O–H groups in total. The number of nitrogens with one attached hydrogen (secondary N) is 2. The molecule has 0 fully saturated rings. The zero-order valence-corrected chi connectivity index (χ0v) is 12.5. The molecule has 2 atom stereocenters. The summed E-state index contributed by atoms with van der Waals surface area (Å²) in [4.78, 5) is 23.9. The van der Waals surface area contributed by atoms with Crippen molar-refractivity contribution in [2.45, 2.75) is 25.9 Å². The minimum absolute atomic E-state index is 0.118. The number of hydrogen-bond donors (Lipinski definition) is 2. The lowest BCUT2D eigenvalue weighted by molar-refractivity contribution is -0.123. The van der Waals surface area contributed by atoms with Gasteiger partial charge in [-0.3, -0.25) is 9.59 Å². The molecule has 0 bridgehead atoms. The minimum atomic E-state index is -0.655. The quantitative estimate of drug-likeness (QED) is 0.838. The topological polar surface area (TPSA) is 67.4 Å². The van der Waals surface area contributed by atoms with Crippen molar-refractivity contribution in [2.24, 2.45) is 0 Å². The van der Waals surface area contributed by atoms with Crippen LogP contribution in [0.3, 0.4) is 0 Å². The van der Waals surface area contributed by atoms with E-state index in [1.165, 1.54) is 0 Å². The molecular weight excluding hydrogens is 280 g/mol. The molecule has 0 radical (unpaired) electrons. The summed E-state index contributed by atoms with van der Waals surface area (Å²) in [5.41, 5.74) is 0.346. The van der Waals surface area contributed by atoms with Gasteiger partial charge in [0.1, 0.15) is 6.04 Å². The van der Waals surface area contributed by atoms with Crippen LogP contribution in [0.5, 0.6) is 0 Å². The SMILES string of the molecule is COCC(C)NC(=O)C(C)NC(=O)c1ccccc1Cl. The summed E-state index contributed by atoms with van der Waals surface area (Å²) in [6.07, 6.45) is 0. The number of halogens is 1. The lowest BCUT2D eigenvalue weighted by atomic mass is 10.2. The summed E-state index contributed by atoms with van der Waals surface area (Å²) >= 11 is 5.93. The molecule has 0 aliphatic heterocycles. The Bertz CT molecular complexity index is 479. The van der Waals surface area contributed by atoms with Gasteiger partial charge >= 0.3 is 0 Å². The summed E-state index contributed by atoms with van der Waals surface area (Å²) in [6.45, 7) is 3.85. The van der Waals surface area contributed by atoms with Crippen LogP contribution >= 0.6 is 11.6 Å². The Morgan fingerprint density at radius 2 is 1.90 bits per heavy atom. The highest BCUT2D eigenvalue weighted by atomic mass is 35.5. The number of hydrogen-bond acceptors (Lipinski definition) is 3. The van der Waals surface area contributed by atoms with E-state index in [-0.39, 0.29) is 17.9 Å². The van der Waals surface area contributed by atoms with Crippen molar-refractivity contribution in [2.75, 3.05) is 13.7 Å². The van der Waals surface area contributed by atoms with Crippen LogP contribution in [-0.2, 0) is 9.53 Å². The third kappa shape index (κ3) is 4.83. The standard InChI is InChI=1S/C14H19ClN2O3/c1-9(8-20-3)16-13(18)10(2)17-14(19)11-6-4-5-7-12(11)15/h4-7,9-10H,8H2,1-3H3,(H,16,18)(H,17,19). The maximum Gasteiger partial charge on any atom is 0.253 e. The van der Waals surface area contributed by atoms with Gasteiger partial charge in [0.05, 0.1) is 17.2 Å². The number of methoxy groups -OCH3 is 1. The second kappa shape index (κ2) is 7.87. The number of carbonyl (C=O) groups is 2. The molecule has 0 heterocycles. The summed E-state index contributed by atoms with van der Waals surface area (Å²) in [5.74, 6) is -0.646. The molecule has 0 aromatic heterocycles. The molecule has 0 aliphatic rings. The van der Waals surface area contributed by atoms with Gasteiger partial charge in [-0.05, 0) is 26.0 Å². The van der Waals surface area contributed by atoms with Crippen LogP contribution in [0, 0.1) is 0 Å². The molecule has 0 saturated heterocycles. The molecule has 0 saturated carbocycles. The molecule has 1 rings (SSSR count). The number of carbonyl (C=O) groups excluding carboxylic acids is 2. The lowest BCUT2D eigenvalue weighted by Crippen LogP contribution is -2.48. The lowest BCUT2D eigenvalue weighted by Gasteiger charge is -2.18. The molecule has 2 unspecified atom stereocenters. The van der Waals surface area contributed by atoms with Crippen molar-refractivity contribution in [3.63, 3.8) is 0 Å². The Morgan fingerprint density at radius 3 is 2.50 bits per heavy atom. The zero-order valence-electron chi connectivity index (χ0n) is 11.8. The van der Waals surface area contributed by atoms with Gasteiger partial charge in [-0.15, -0.1) is 0 Å². The van der Waals surface area contributed by atoms with Gasteiger partial charge in [-0.25, -0.2) is 0 Å². The first-order valence-electron chi connectivity index (χ1n) is 6.30. The molecule has 20 heavy (non-hydrogen) atoms. The Hall–Kier alpha value is -1.59. The van der Waals surface area contributed by atoms with Crippen molar-refractivity contribution in [3.8, 4) is 0 Å². The number of benzene rings is 1. The Kier molecular flexibility index (Phi) is 6.48. The van der Waals surface area contributed by atoms with E-state index in [0.29, 0.717) is 17.2 Å². The fourth-order valence-corrected chi connectivity index (χ4v) is 1.87. The van der Waals surface area contributed by atoms with Crippen molar-refractivity contribution in [1.29, 1.82) is 0 Å². The average Bonchev–Trinajstić information content (AvgIpc) is 2.39. The van der Waals surface area contributed by atoms with Crippen LogP contribution < -0.4 is 10.6 Å².